The molecule has 9 heteroatoms. The number of nitro groups is 1. The summed E-state index contributed by atoms with van der Waals surface area (Å²) in [6.07, 6.45) is 0. The number of nitro benzene ring substituents is 1. The van der Waals surface area contributed by atoms with Crippen LogP contribution in [0.5, 0.6) is 0 Å². The fourth-order valence-corrected chi connectivity index (χ4v) is 2.33. The fourth-order valence-electron chi connectivity index (χ4n) is 2.33. The number of amides is 2. The van der Waals surface area contributed by atoms with Crippen molar-refractivity contribution in [1.82, 2.24) is 5.32 Å². The summed E-state index contributed by atoms with van der Waals surface area (Å²) < 4.78 is 4.55. The number of carbonyl (C=O) groups is 3. The van der Waals surface area contributed by atoms with Crippen LogP contribution < -0.4 is 10.6 Å². The highest BCUT2D eigenvalue weighted by Gasteiger charge is 2.18. The quantitative estimate of drug-likeness (QED) is 0.455. The number of methoxy groups -OCH3 is 1. The Morgan fingerprint density at radius 1 is 1.11 bits per heavy atom. The molecule has 0 radical (unpaired) electrons. The van der Waals surface area contributed by atoms with E-state index in [-0.39, 0.29) is 23.6 Å². The molecule has 2 rings (SSSR count). The third-order valence-corrected chi connectivity index (χ3v) is 3.51. The Morgan fingerprint density at radius 3 is 2.44 bits per heavy atom. The van der Waals surface area contributed by atoms with Gasteiger partial charge in [0.1, 0.15) is 0 Å². The average molecular weight is 371 g/mol. The van der Waals surface area contributed by atoms with E-state index in [0.717, 1.165) is 19.2 Å². The van der Waals surface area contributed by atoms with Crippen molar-refractivity contribution in [3.63, 3.8) is 0 Å². The molecule has 2 amide bonds. The van der Waals surface area contributed by atoms with Crippen LogP contribution in [0.1, 0.15) is 33.2 Å². The molecule has 0 aliphatic heterocycles. The van der Waals surface area contributed by atoms with Crippen molar-refractivity contribution in [1.29, 1.82) is 0 Å². The Labute approximate surface area is 154 Å². The number of nitrogens with one attached hydrogen (secondary N) is 2. The van der Waals surface area contributed by atoms with Crippen molar-refractivity contribution < 1.29 is 24.0 Å². The molecular weight excluding hydrogens is 354 g/mol. The maximum absolute atomic E-state index is 12.4. The van der Waals surface area contributed by atoms with E-state index in [1.807, 2.05) is 0 Å². The third-order valence-electron chi connectivity index (χ3n) is 3.51. The summed E-state index contributed by atoms with van der Waals surface area (Å²) in [4.78, 5) is 45.5. The van der Waals surface area contributed by atoms with E-state index in [0.29, 0.717) is 11.3 Å². The monoisotopic (exact) mass is 371 g/mol. The normalized spacial score (nSPS) is 10.0. The highest BCUT2D eigenvalue weighted by molar-refractivity contribution is 5.99. The molecule has 0 aliphatic carbocycles. The number of rotatable bonds is 6. The van der Waals surface area contributed by atoms with Crippen LogP contribution in [0.2, 0.25) is 0 Å². The summed E-state index contributed by atoms with van der Waals surface area (Å²) in [5.41, 5.74) is 0.772. The minimum atomic E-state index is -0.782. The summed E-state index contributed by atoms with van der Waals surface area (Å²) in [7, 11) is 1.14. The highest BCUT2D eigenvalue weighted by atomic mass is 16.6. The van der Waals surface area contributed by atoms with Crippen molar-refractivity contribution in [3.05, 3.63) is 69.3 Å². The molecule has 140 valence electrons. The lowest BCUT2D eigenvalue weighted by atomic mass is 10.1. The van der Waals surface area contributed by atoms with Crippen LogP contribution in [0.15, 0.2) is 42.5 Å². The van der Waals surface area contributed by atoms with E-state index in [2.05, 4.69) is 15.4 Å². The van der Waals surface area contributed by atoms with Gasteiger partial charge in [0.15, 0.2) is 0 Å². The van der Waals surface area contributed by atoms with Crippen LogP contribution in [-0.2, 0) is 16.1 Å². The van der Waals surface area contributed by atoms with Crippen LogP contribution >= 0.6 is 0 Å². The average Bonchev–Trinajstić information content (AvgIpc) is 2.64. The van der Waals surface area contributed by atoms with Gasteiger partial charge >= 0.3 is 5.97 Å². The first-order valence-electron chi connectivity index (χ1n) is 7.82. The van der Waals surface area contributed by atoms with Crippen LogP contribution in [-0.4, -0.2) is 29.8 Å². The number of non-ortho nitro benzene ring substituents is 1. The van der Waals surface area contributed by atoms with Crippen molar-refractivity contribution in [2.45, 2.75) is 13.5 Å². The number of nitrogens with zero attached hydrogens (tertiary/aromatic N) is 1. The van der Waals surface area contributed by atoms with E-state index >= 15 is 0 Å². The maximum atomic E-state index is 12.4. The Balaban J connectivity index is 2.18. The van der Waals surface area contributed by atoms with Gasteiger partial charge in [-0.2, -0.15) is 0 Å². The first-order chi connectivity index (χ1) is 12.8. The van der Waals surface area contributed by atoms with Gasteiger partial charge in [-0.3, -0.25) is 19.7 Å². The Kier molecular flexibility index (Phi) is 6.21. The van der Waals surface area contributed by atoms with Gasteiger partial charge in [-0.05, 0) is 23.8 Å². The molecule has 9 nitrogen and oxygen atoms in total. The minimum Gasteiger partial charge on any atom is -0.465 e. The second kappa shape index (κ2) is 8.56. The molecule has 0 spiro atoms. The molecule has 0 aliphatic rings. The Hall–Kier alpha value is -3.75. The standard InChI is InChI=1S/C18H17N3O6/c1-11(22)20-15-5-3-4-12(6-15)10-19-17(23)13-7-14(18(24)27-2)9-16(8-13)21(25)26/h3-9H,10H2,1-2H3,(H,19,23)(H,20,22). The van der Waals surface area contributed by atoms with Crippen LogP contribution in [0.4, 0.5) is 11.4 Å². The largest absolute Gasteiger partial charge is 0.465 e. The maximum Gasteiger partial charge on any atom is 0.338 e. The predicted octanol–water partition coefficient (Wildman–Crippen LogP) is 2.27. The lowest BCUT2D eigenvalue weighted by Crippen LogP contribution is -2.23. The first kappa shape index (κ1) is 19.6. The van der Waals surface area contributed by atoms with E-state index in [9.17, 15) is 24.5 Å². The van der Waals surface area contributed by atoms with Crippen LogP contribution in [0, 0.1) is 10.1 Å². The van der Waals surface area contributed by atoms with Crippen molar-refractivity contribution >= 4 is 29.2 Å². The van der Waals surface area contributed by atoms with Crippen molar-refractivity contribution in [2.24, 2.45) is 0 Å². The zero-order valence-electron chi connectivity index (χ0n) is 14.6. The molecule has 0 saturated heterocycles. The van der Waals surface area contributed by atoms with Gasteiger partial charge in [-0.15, -0.1) is 0 Å². The van der Waals surface area contributed by atoms with Gasteiger partial charge < -0.3 is 15.4 Å². The molecule has 0 fully saturated rings. The molecule has 2 aromatic carbocycles. The number of esters is 1. The summed E-state index contributed by atoms with van der Waals surface area (Å²) in [5, 5.41) is 16.3. The second-order valence-electron chi connectivity index (χ2n) is 5.58. The summed E-state index contributed by atoms with van der Waals surface area (Å²) in [6, 6.07) is 10.2. The second-order valence-corrected chi connectivity index (χ2v) is 5.58. The number of carbonyl (C=O) groups excluding carboxylic acids is 3. The molecule has 2 aromatic rings. The lowest BCUT2D eigenvalue weighted by Gasteiger charge is -2.09. The van der Waals surface area contributed by atoms with E-state index in [1.54, 1.807) is 24.3 Å². The van der Waals surface area contributed by atoms with Gasteiger partial charge in [0.2, 0.25) is 5.91 Å². The zero-order chi connectivity index (χ0) is 20.0. The smallest absolute Gasteiger partial charge is 0.338 e. The first-order valence-corrected chi connectivity index (χ1v) is 7.82. The fraction of sp³-hybridized carbons (Fsp3) is 0.167. The summed E-state index contributed by atoms with van der Waals surface area (Å²) in [5.74, 6) is -1.59. The third kappa shape index (κ3) is 5.36. The summed E-state index contributed by atoms with van der Waals surface area (Å²) >= 11 is 0. The predicted molar refractivity (Wildman–Crippen MR) is 96.4 cm³/mol. The number of benzene rings is 2. The van der Waals surface area contributed by atoms with E-state index in [1.165, 1.54) is 13.0 Å². The lowest BCUT2D eigenvalue weighted by molar-refractivity contribution is -0.384. The molecular formula is C18H17N3O6. The van der Waals surface area contributed by atoms with Crippen molar-refractivity contribution in [3.8, 4) is 0 Å². The molecule has 0 aromatic heterocycles. The zero-order valence-corrected chi connectivity index (χ0v) is 14.6. The van der Waals surface area contributed by atoms with Crippen LogP contribution in [0.25, 0.3) is 0 Å². The Morgan fingerprint density at radius 2 is 1.81 bits per heavy atom. The van der Waals surface area contributed by atoms with Gasteiger partial charge in [0.25, 0.3) is 11.6 Å². The Bertz CT molecular complexity index is 910. The van der Waals surface area contributed by atoms with Gasteiger partial charge in [0.05, 0.1) is 17.6 Å². The number of ether oxygens (including phenoxy) is 1. The molecule has 27 heavy (non-hydrogen) atoms. The number of anilines is 1. The van der Waals surface area contributed by atoms with E-state index < -0.39 is 22.5 Å². The van der Waals surface area contributed by atoms with Crippen molar-refractivity contribution in [2.75, 3.05) is 12.4 Å². The minimum absolute atomic E-state index is 0.0392. The molecule has 2 N–H and O–H groups in total. The SMILES string of the molecule is COC(=O)c1cc(C(=O)NCc2cccc(NC(C)=O)c2)cc([N+](=O)[O-])c1. The number of hydrogen-bond acceptors (Lipinski definition) is 6. The van der Waals surface area contributed by atoms with Gasteiger partial charge in [-0.1, -0.05) is 12.1 Å². The van der Waals surface area contributed by atoms with Crippen LogP contribution in [0.3, 0.4) is 0 Å². The molecule has 0 bridgehead atoms. The molecule has 0 saturated carbocycles. The van der Waals surface area contributed by atoms with E-state index in [4.69, 9.17) is 0 Å². The molecule has 0 atom stereocenters. The highest BCUT2D eigenvalue weighted by Crippen LogP contribution is 2.18. The van der Waals surface area contributed by atoms with Gasteiger partial charge in [-0.25, -0.2) is 4.79 Å². The summed E-state index contributed by atoms with van der Waals surface area (Å²) in [6.45, 7) is 1.51. The molecule has 0 unspecified atom stereocenters. The molecule has 0 heterocycles. The number of hydrogen-bond donors (Lipinski definition) is 2. The topological polar surface area (TPSA) is 128 Å². The van der Waals surface area contributed by atoms with Gasteiger partial charge in [0, 0.05) is 36.9 Å².